The van der Waals surface area contributed by atoms with Gasteiger partial charge in [-0.05, 0) is 43.5 Å². The van der Waals surface area contributed by atoms with Gasteiger partial charge >= 0.3 is 11.9 Å². The molecule has 0 amide bonds. The average molecular weight is 427 g/mol. The number of esters is 2. The molecule has 0 saturated heterocycles. The van der Waals surface area contributed by atoms with Crippen LogP contribution in [0.2, 0.25) is 0 Å². The van der Waals surface area contributed by atoms with Crippen LogP contribution in [0, 0.1) is 5.41 Å². The molecule has 0 aliphatic heterocycles. The van der Waals surface area contributed by atoms with E-state index in [1.165, 1.54) is 0 Å². The predicted octanol–water partition coefficient (Wildman–Crippen LogP) is 3.99. The zero-order valence-corrected chi connectivity index (χ0v) is 18.7. The van der Waals surface area contributed by atoms with Crippen LogP contribution in [0.5, 0.6) is 0 Å². The van der Waals surface area contributed by atoms with Crippen molar-refractivity contribution in [1.82, 2.24) is 4.57 Å². The van der Waals surface area contributed by atoms with Crippen LogP contribution < -0.4 is 0 Å². The van der Waals surface area contributed by atoms with Crippen LogP contribution in [0.3, 0.4) is 0 Å². The quantitative estimate of drug-likeness (QED) is 0.648. The molecule has 166 valence electrons. The van der Waals surface area contributed by atoms with Crippen molar-refractivity contribution in [3.8, 4) is 0 Å². The van der Waals surface area contributed by atoms with E-state index in [9.17, 15) is 14.4 Å². The Morgan fingerprint density at radius 2 is 1.81 bits per heavy atom. The fourth-order valence-electron chi connectivity index (χ4n) is 3.76. The summed E-state index contributed by atoms with van der Waals surface area (Å²) in [4.78, 5) is 37.8. The van der Waals surface area contributed by atoms with Gasteiger partial charge in [-0.1, -0.05) is 32.9 Å². The molecule has 31 heavy (non-hydrogen) atoms. The minimum atomic E-state index is -0.833. The lowest BCUT2D eigenvalue weighted by atomic mass is 9.93. The summed E-state index contributed by atoms with van der Waals surface area (Å²) < 4.78 is 17.7. The molecule has 0 fully saturated rings. The van der Waals surface area contributed by atoms with Gasteiger partial charge in [0.1, 0.15) is 11.7 Å². The minimum absolute atomic E-state index is 0.0306. The second-order valence-electron chi connectivity index (χ2n) is 8.41. The molecule has 1 aliphatic rings. The van der Waals surface area contributed by atoms with Gasteiger partial charge in [0, 0.05) is 17.0 Å². The van der Waals surface area contributed by atoms with Crippen molar-refractivity contribution in [3.05, 3.63) is 47.4 Å². The average Bonchev–Trinajstić information content (AvgIpc) is 2.99. The van der Waals surface area contributed by atoms with E-state index in [-0.39, 0.29) is 25.7 Å². The maximum atomic E-state index is 13.0. The number of carbonyl (C=O) groups is 3. The van der Waals surface area contributed by atoms with Gasteiger partial charge in [-0.2, -0.15) is 0 Å². The van der Waals surface area contributed by atoms with Crippen LogP contribution in [0.15, 0.2) is 36.2 Å². The molecule has 1 atom stereocenters. The highest BCUT2D eigenvalue weighted by molar-refractivity contribution is 6.00. The molecule has 0 spiro atoms. The first-order valence-corrected chi connectivity index (χ1v) is 10.5. The molecule has 7 heteroatoms. The lowest BCUT2D eigenvalue weighted by Crippen LogP contribution is -2.26. The minimum Gasteiger partial charge on any atom is -0.485 e. The second-order valence-corrected chi connectivity index (χ2v) is 8.41. The standard InChI is InChI=1S/C24H29NO6/c1-6-29-19(26)14-31-18-12-11-15-13-25(23(28)24(3,4)5)17-10-8-9-16(20(15)17)21(18)22(27)30-7-2/h8-10,12-13,21H,6-7,11,14H2,1-5H3. The summed E-state index contributed by atoms with van der Waals surface area (Å²) in [5.41, 5.74) is 1.78. The maximum absolute atomic E-state index is 13.0. The molecule has 1 aliphatic carbocycles. The SMILES string of the molecule is CCOC(=O)COC1=CCc2cn(C(=O)C(C)(C)C)c3cccc(c23)C1C(=O)OCC. The topological polar surface area (TPSA) is 83.8 Å². The molecule has 1 heterocycles. The van der Waals surface area contributed by atoms with Gasteiger partial charge < -0.3 is 14.2 Å². The summed E-state index contributed by atoms with van der Waals surface area (Å²) in [5, 5.41) is 0.837. The number of aromatic nitrogens is 1. The van der Waals surface area contributed by atoms with Crippen LogP contribution >= 0.6 is 0 Å². The fourth-order valence-corrected chi connectivity index (χ4v) is 3.76. The van der Waals surface area contributed by atoms with E-state index in [2.05, 4.69) is 0 Å². The molecule has 0 radical (unpaired) electrons. The van der Waals surface area contributed by atoms with E-state index in [0.717, 1.165) is 16.5 Å². The zero-order chi connectivity index (χ0) is 22.8. The number of rotatable bonds is 6. The Hall–Kier alpha value is -3.09. The number of hydrogen-bond donors (Lipinski definition) is 0. The molecule has 0 saturated carbocycles. The molecule has 0 bridgehead atoms. The van der Waals surface area contributed by atoms with Gasteiger partial charge in [0.05, 0.1) is 18.7 Å². The molecule has 1 aromatic heterocycles. The van der Waals surface area contributed by atoms with Crippen LogP contribution in [0.4, 0.5) is 0 Å². The summed E-state index contributed by atoms with van der Waals surface area (Å²) in [6.45, 7) is 9.25. The number of nitrogens with zero attached hydrogens (tertiary/aromatic N) is 1. The predicted molar refractivity (Wildman–Crippen MR) is 116 cm³/mol. The van der Waals surface area contributed by atoms with Crippen molar-refractivity contribution in [2.75, 3.05) is 19.8 Å². The van der Waals surface area contributed by atoms with Crippen molar-refractivity contribution >= 4 is 28.7 Å². The number of ether oxygens (including phenoxy) is 3. The van der Waals surface area contributed by atoms with Gasteiger partial charge in [0.2, 0.25) is 5.91 Å². The highest BCUT2D eigenvalue weighted by atomic mass is 16.6. The Labute approximate surface area is 182 Å². The molecule has 1 aromatic carbocycles. The first-order chi connectivity index (χ1) is 14.7. The number of benzene rings is 1. The largest absolute Gasteiger partial charge is 0.485 e. The summed E-state index contributed by atoms with van der Waals surface area (Å²) >= 11 is 0. The van der Waals surface area contributed by atoms with Gasteiger partial charge in [0.25, 0.3) is 0 Å². The lowest BCUT2D eigenvalue weighted by molar-refractivity contribution is -0.150. The van der Waals surface area contributed by atoms with Crippen molar-refractivity contribution < 1.29 is 28.6 Å². The van der Waals surface area contributed by atoms with Gasteiger partial charge in [-0.25, -0.2) is 4.79 Å². The highest BCUT2D eigenvalue weighted by Gasteiger charge is 2.34. The fraction of sp³-hybridized carbons (Fsp3) is 0.458. The number of allylic oxidation sites excluding steroid dienone is 1. The van der Waals surface area contributed by atoms with Crippen LogP contribution in [0.1, 0.15) is 56.5 Å². The van der Waals surface area contributed by atoms with Crippen LogP contribution in [0.25, 0.3) is 10.9 Å². The first-order valence-electron chi connectivity index (χ1n) is 10.5. The normalized spacial score (nSPS) is 15.8. The smallest absolute Gasteiger partial charge is 0.344 e. The third-order valence-corrected chi connectivity index (χ3v) is 5.10. The van der Waals surface area contributed by atoms with Crippen LogP contribution in [-0.4, -0.2) is 42.2 Å². The van der Waals surface area contributed by atoms with Crippen molar-refractivity contribution in [3.63, 3.8) is 0 Å². The van der Waals surface area contributed by atoms with Crippen molar-refractivity contribution in [2.24, 2.45) is 5.41 Å². The van der Waals surface area contributed by atoms with E-state index in [1.54, 1.807) is 24.5 Å². The summed E-state index contributed by atoms with van der Waals surface area (Å²) in [7, 11) is 0. The van der Waals surface area contributed by atoms with E-state index in [4.69, 9.17) is 14.2 Å². The first kappa shape index (κ1) is 22.6. The lowest BCUT2D eigenvalue weighted by Gasteiger charge is -2.21. The summed E-state index contributed by atoms with van der Waals surface area (Å²) in [6.07, 6.45) is 4.06. The third kappa shape index (κ3) is 4.50. The molecule has 3 rings (SSSR count). The number of carbonyl (C=O) groups excluding carboxylic acids is 3. The van der Waals surface area contributed by atoms with Gasteiger partial charge in [-0.15, -0.1) is 0 Å². The highest BCUT2D eigenvalue weighted by Crippen LogP contribution is 2.39. The Morgan fingerprint density at radius 1 is 1.10 bits per heavy atom. The Kier molecular flexibility index (Phi) is 6.53. The third-order valence-electron chi connectivity index (χ3n) is 5.10. The Bertz CT molecular complexity index is 1040. The van der Waals surface area contributed by atoms with Gasteiger partial charge in [0.15, 0.2) is 6.61 Å². The summed E-state index contributed by atoms with van der Waals surface area (Å²) in [6, 6.07) is 5.53. The molecular formula is C24H29NO6. The Morgan fingerprint density at radius 3 is 2.45 bits per heavy atom. The molecule has 0 N–H and O–H groups in total. The van der Waals surface area contributed by atoms with E-state index < -0.39 is 23.3 Å². The molecular weight excluding hydrogens is 398 g/mol. The molecule has 1 unspecified atom stereocenters. The second kappa shape index (κ2) is 8.96. The van der Waals surface area contributed by atoms with E-state index in [1.807, 2.05) is 45.2 Å². The van der Waals surface area contributed by atoms with E-state index >= 15 is 0 Å². The van der Waals surface area contributed by atoms with Crippen LogP contribution in [-0.2, 0) is 30.2 Å². The molecule has 7 nitrogen and oxygen atoms in total. The van der Waals surface area contributed by atoms with Crippen molar-refractivity contribution in [2.45, 2.75) is 47.0 Å². The van der Waals surface area contributed by atoms with Crippen molar-refractivity contribution in [1.29, 1.82) is 0 Å². The zero-order valence-electron chi connectivity index (χ0n) is 18.7. The number of hydrogen-bond acceptors (Lipinski definition) is 6. The molecule has 2 aromatic rings. The Balaban J connectivity index is 2.11. The van der Waals surface area contributed by atoms with Gasteiger partial charge in [-0.3, -0.25) is 14.2 Å². The van der Waals surface area contributed by atoms with E-state index in [0.29, 0.717) is 17.7 Å². The maximum Gasteiger partial charge on any atom is 0.344 e. The summed E-state index contributed by atoms with van der Waals surface area (Å²) in [5.74, 6) is -1.48. The monoisotopic (exact) mass is 427 g/mol.